The molecule has 0 radical (unpaired) electrons. The van der Waals surface area contributed by atoms with E-state index in [9.17, 15) is 4.79 Å². The summed E-state index contributed by atoms with van der Waals surface area (Å²) in [6.07, 6.45) is 4.45. The topological polar surface area (TPSA) is 46.9 Å². The number of fused-ring (bicyclic) bond motifs is 1. The highest BCUT2D eigenvalue weighted by molar-refractivity contribution is 6.06. The van der Waals surface area contributed by atoms with E-state index in [1.165, 1.54) is 11.1 Å². The largest absolute Gasteiger partial charge is 0.340 e. The van der Waals surface area contributed by atoms with Gasteiger partial charge in [-0.15, -0.1) is 0 Å². The number of carbonyl (C=O) groups excluding carboxylic acids is 1. The van der Waals surface area contributed by atoms with Crippen LogP contribution in [0.4, 0.5) is 5.69 Å². The van der Waals surface area contributed by atoms with E-state index in [2.05, 4.69) is 10.3 Å². The average molecular weight is 341 g/mol. The predicted octanol–water partition coefficient (Wildman–Crippen LogP) is 4.42. The standard InChI is InChI=1S/C22H19N3O/c1-25-20-5-3-2-4-18(20)15-21(25)22(26)24-19-8-6-16(7-9-19)14-17-10-12-23-13-11-17/h2-13,15H,14H2,1H3,(H,24,26). The average Bonchev–Trinajstić information content (AvgIpc) is 3.01. The molecule has 26 heavy (non-hydrogen) atoms. The van der Waals surface area contributed by atoms with E-state index in [-0.39, 0.29) is 5.91 Å². The van der Waals surface area contributed by atoms with Crippen LogP contribution >= 0.6 is 0 Å². The molecule has 0 aliphatic carbocycles. The lowest BCUT2D eigenvalue weighted by atomic mass is 10.1. The van der Waals surface area contributed by atoms with Crippen molar-refractivity contribution < 1.29 is 4.79 Å². The lowest BCUT2D eigenvalue weighted by molar-refractivity contribution is 0.102. The summed E-state index contributed by atoms with van der Waals surface area (Å²) in [7, 11) is 1.91. The number of carbonyl (C=O) groups is 1. The van der Waals surface area contributed by atoms with Gasteiger partial charge in [-0.25, -0.2) is 0 Å². The molecule has 4 nitrogen and oxygen atoms in total. The minimum atomic E-state index is -0.106. The third-order valence-corrected chi connectivity index (χ3v) is 4.55. The monoisotopic (exact) mass is 341 g/mol. The minimum absolute atomic E-state index is 0.106. The van der Waals surface area contributed by atoms with E-state index >= 15 is 0 Å². The summed E-state index contributed by atoms with van der Waals surface area (Å²) in [5.41, 5.74) is 4.89. The van der Waals surface area contributed by atoms with E-state index in [0.29, 0.717) is 5.69 Å². The first-order valence-electron chi connectivity index (χ1n) is 8.54. The van der Waals surface area contributed by atoms with Gasteiger partial charge in [0.2, 0.25) is 0 Å². The summed E-state index contributed by atoms with van der Waals surface area (Å²) in [6.45, 7) is 0. The summed E-state index contributed by atoms with van der Waals surface area (Å²) < 4.78 is 1.92. The van der Waals surface area contributed by atoms with Crippen LogP contribution < -0.4 is 5.32 Å². The van der Waals surface area contributed by atoms with Crippen LogP contribution in [0.1, 0.15) is 21.6 Å². The lowest BCUT2D eigenvalue weighted by Crippen LogP contribution is -2.15. The Morgan fingerprint density at radius 3 is 2.38 bits per heavy atom. The highest BCUT2D eigenvalue weighted by Gasteiger charge is 2.13. The third kappa shape index (κ3) is 3.22. The van der Waals surface area contributed by atoms with Gasteiger partial charge in [0.05, 0.1) is 0 Å². The van der Waals surface area contributed by atoms with Gasteiger partial charge < -0.3 is 9.88 Å². The van der Waals surface area contributed by atoms with Crippen LogP contribution in [0.5, 0.6) is 0 Å². The van der Waals surface area contributed by atoms with Crippen LogP contribution in [-0.2, 0) is 13.5 Å². The van der Waals surface area contributed by atoms with Crippen molar-refractivity contribution in [2.24, 2.45) is 7.05 Å². The molecule has 2 aromatic heterocycles. The molecule has 2 heterocycles. The number of hydrogen-bond donors (Lipinski definition) is 1. The molecule has 128 valence electrons. The van der Waals surface area contributed by atoms with E-state index in [4.69, 9.17) is 0 Å². The second-order valence-corrected chi connectivity index (χ2v) is 6.33. The SMILES string of the molecule is Cn1c(C(=O)Nc2ccc(Cc3ccncc3)cc2)cc2ccccc21. The molecule has 0 saturated carbocycles. The van der Waals surface area contributed by atoms with E-state index in [0.717, 1.165) is 23.0 Å². The molecular weight excluding hydrogens is 322 g/mol. The minimum Gasteiger partial charge on any atom is -0.340 e. The number of aryl methyl sites for hydroxylation is 1. The van der Waals surface area contributed by atoms with Gasteiger partial charge in [-0.2, -0.15) is 0 Å². The Bertz CT molecular complexity index is 1050. The highest BCUT2D eigenvalue weighted by Crippen LogP contribution is 2.20. The molecule has 4 aromatic rings. The Hall–Kier alpha value is -3.40. The van der Waals surface area contributed by atoms with Crippen molar-refractivity contribution in [2.75, 3.05) is 5.32 Å². The maximum Gasteiger partial charge on any atom is 0.272 e. The number of hydrogen-bond acceptors (Lipinski definition) is 2. The maximum atomic E-state index is 12.6. The Labute approximate surface area is 152 Å². The fraction of sp³-hybridized carbons (Fsp3) is 0.0909. The fourth-order valence-corrected chi connectivity index (χ4v) is 3.14. The molecule has 4 rings (SSSR count). The Morgan fingerprint density at radius 1 is 0.962 bits per heavy atom. The van der Waals surface area contributed by atoms with Gasteiger partial charge in [0.15, 0.2) is 0 Å². The molecule has 0 fully saturated rings. The van der Waals surface area contributed by atoms with E-state index < -0.39 is 0 Å². The van der Waals surface area contributed by atoms with Gasteiger partial charge in [0, 0.05) is 36.0 Å². The Kier molecular flexibility index (Phi) is 4.23. The molecule has 2 aromatic carbocycles. The smallest absolute Gasteiger partial charge is 0.272 e. The first-order chi connectivity index (χ1) is 12.7. The zero-order valence-electron chi connectivity index (χ0n) is 14.5. The van der Waals surface area contributed by atoms with Gasteiger partial charge in [0.1, 0.15) is 5.69 Å². The molecular formula is C22H19N3O. The zero-order chi connectivity index (χ0) is 17.9. The second kappa shape index (κ2) is 6.84. The molecule has 0 aliphatic heterocycles. The third-order valence-electron chi connectivity index (χ3n) is 4.55. The first kappa shape index (κ1) is 16.1. The molecule has 1 amide bonds. The van der Waals surface area contributed by atoms with Crippen molar-refractivity contribution in [1.29, 1.82) is 0 Å². The summed E-state index contributed by atoms with van der Waals surface area (Å²) >= 11 is 0. The zero-order valence-corrected chi connectivity index (χ0v) is 14.5. The van der Waals surface area contributed by atoms with Gasteiger partial charge in [-0.05, 0) is 53.9 Å². The van der Waals surface area contributed by atoms with Crippen molar-refractivity contribution >= 4 is 22.5 Å². The normalized spacial score (nSPS) is 10.8. The molecule has 1 N–H and O–H groups in total. The van der Waals surface area contributed by atoms with Crippen molar-refractivity contribution in [3.05, 3.63) is 95.9 Å². The molecule has 0 atom stereocenters. The van der Waals surface area contributed by atoms with Crippen molar-refractivity contribution in [1.82, 2.24) is 9.55 Å². The van der Waals surface area contributed by atoms with Crippen LogP contribution in [0.3, 0.4) is 0 Å². The van der Waals surface area contributed by atoms with E-state index in [1.54, 1.807) is 12.4 Å². The Morgan fingerprint density at radius 2 is 1.65 bits per heavy atom. The molecule has 0 bridgehead atoms. The Balaban J connectivity index is 1.49. The summed E-state index contributed by atoms with van der Waals surface area (Å²) in [5.74, 6) is -0.106. The number of benzene rings is 2. The van der Waals surface area contributed by atoms with Gasteiger partial charge in [0.25, 0.3) is 5.91 Å². The van der Waals surface area contributed by atoms with Crippen LogP contribution in [-0.4, -0.2) is 15.5 Å². The van der Waals surface area contributed by atoms with E-state index in [1.807, 2.05) is 78.3 Å². The highest BCUT2D eigenvalue weighted by atomic mass is 16.1. The fourth-order valence-electron chi connectivity index (χ4n) is 3.14. The van der Waals surface area contributed by atoms with Gasteiger partial charge >= 0.3 is 0 Å². The number of rotatable bonds is 4. The number of para-hydroxylation sites is 1. The first-order valence-corrected chi connectivity index (χ1v) is 8.54. The van der Waals surface area contributed by atoms with Crippen LogP contribution in [0.25, 0.3) is 10.9 Å². The number of pyridine rings is 1. The predicted molar refractivity (Wildman–Crippen MR) is 104 cm³/mol. The molecule has 0 unspecified atom stereocenters. The molecule has 0 aliphatic rings. The summed E-state index contributed by atoms with van der Waals surface area (Å²) in [5, 5.41) is 4.04. The van der Waals surface area contributed by atoms with Gasteiger partial charge in [-0.1, -0.05) is 30.3 Å². The molecule has 0 saturated heterocycles. The number of anilines is 1. The quantitative estimate of drug-likeness (QED) is 0.597. The van der Waals surface area contributed by atoms with Crippen molar-refractivity contribution in [3.8, 4) is 0 Å². The summed E-state index contributed by atoms with van der Waals surface area (Å²) in [6, 6.07) is 21.9. The van der Waals surface area contributed by atoms with Crippen molar-refractivity contribution in [3.63, 3.8) is 0 Å². The van der Waals surface area contributed by atoms with Gasteiger partial charge in [-0.3, -0.25) is 9.78 Å². The maximum absolute atomic E-state index is 12.6. The molecule has 0 spiro atoms. The number of nitrogens with zero attached hydrogens (tertiary/aromatic N) is 2. The number of amides is 1. The lowest BCUT2D eigenvalue weighted by Gasteiger charge is -2.08. The summed E-state index contributed by atoms with van der Waals surface area (Å²) in [4.78, 5) is 16.7. The van der Waals surface area contributed by atoms with Crippen LogP contribution in [0, 0.1) is 0 Å². The second-order valence-electron chi connectivity index (χ2n) is 6.33. The van der Waals surface area contributed by atoms with Crippen molar-refractivity contribution in [2.45, 2.75) is 6.42 Å². The number of nitrogens with one attached hydrogen (secondary N) is 1. The molecule has 4 heteroatoms. The van der Waals surface area contributed by atoms with Crippen LogP contribution in [0.2, 0.25) is 0 Å². The van der Waals surface area contributed by atoms with Crippen LogP contribution in [0.15, 0.2) is 79.1 Å². The number of aromatic nitrogens is 2.